The minimum absolute atomic E-state index is 0.147. The summed E-state index contributed by atoms with van der Waals surface area (Å²) in [6.07, 6.45) is 7.36. The molecule has 1 aromatic heterocycles. The van der Waals surface area contributed by atoms with Crippen molar-refractivity contribution in [1.82, 2.24) is 10.3 Å². The number of amides is 1. The van der Waals surface area contributed by atoms with Crippen molar-refractivity contribution in [2.45, 2.75) is 44.7 Å². The Balaban J connectivity index is 1.55. The number of nitrogens with zero attached hydrogens (tertiary/aromatic N) is 1. The Morgan fingerprint density at radius 3 is 2.70 bits per heavy atom. The molecule has 3 rings (SSSR count). The van der Waals surface area contributed by atoms with Crippen LogP contribution in [0.2, 0.25) is 0 Å². The fraction of sp³-hybridized carbons (Fsp3) is 0.625. The molecule has 4 heteroatoms. The first-order valence-corrected chi connectivity index (χ1v) is 7.67. The molecule has 0 aliphatic heterocycles. The number of hydrogen-bond acceptors (Lipinski definition) is 3. The summed E-state index contributed by atoms with van der Waals surface area (Å²) in [7, 11) is 0. The van der Waals surface area contributed by atoms with Crippen LogP contribution in [0.15, 0.2) is 24.4 Å². The smallest absolute Gasteiger partial charge is 0.223 e. The summed E-state index contributed by atoms with van der Waals surface area (Å²) in [4.78, 5) is 16.6. The first-order valence-electron chi connectivity index (χ1n) is 7.67. The molecule has 20 heavy (non-hydrogen) atoms. The average molecular weight is 273 g/mol. The molecular formula is C16H23N3O. The highest BCUT2D eigenvalue weighted by molar-refractivity contribution is 5.78. The Hall–Kier alpha value is -1.42. The Labute approximate surface area is 120 Å². The van der Waals surface area contributed by atoms with Crippen molar-refractivity contribution in [3.8, 4) is 0 Å². The van der Waals surface area contributed by atoms with Crippen LogP contribution in [0.4, 0.5) is 0 Å². The molecule has 1 heterocycles. The summed E-state index contributed by atoms with van der Waals surface area (Å²) in [6.45, 7) is 0.525. The molecule has 1 aromatic rings. The van der Waals surface area contributed by atoms with Crippen molar-refractivity contribution in [3.63, 3.8) is 0 Å². The van der Waals surface area contributed by atoms with Crippen LogP contribution in [0.25, 0.3) is 0 Å². The molecular weight excluding hydrogens is 250 g/mol. The van der Waals surface area contributed by atoms with E-state index in [-0.39, 0.29) is 11.8 Å². The van der Waals surface area contributed by atoms with E-state index in [9.17, 15) is 4.79 Å². The van der Waals surface area contributed by atoms with Crippen molar-refractivity contribution in [1.29, 1.82) is 0 Å². The van der Waals surface area contributed by atoms with Gasteiger partial charge < -0.3 is 11.1 Å². The quantitative estimate of drug-likeness (QED) is 0.883. The third-order valence-corrected chi connectivity index (χ3v) is 4.95. The Bertz CT molecular complexity index is 448. The lowest BCUT2D eigenvalue weighted by atomic mass is 9.65. The van der Waals surface area contributed by atoms with Crippen LogP contribution in [0, 0.1) is 17.8 Å². The van der Waals surface area contributed by atoms with Crippen molar-refractivity contribution in [2.24, 2.45) is 23.5 Å². The molecule has 3 N–H and O–H groups in total. The van der Waals surface area contributed by atoms with Crippen LogP contribution in [0.5, 0.6) is 0 Å². The second kappa shape index (κ2) is 5.92. The van der Waals surface area contributed by atoms with E-state index in [0.717, 1.165) is 18.5 Å². The molecule has 0 aromatic carbocycles. The van der Waals surface area contributed by atoms with Gasteiger partial charge in [0.1, 0.15) is 0 Å². The van der Waals surface area contributed by atoms with E-state index in [1.807, 2.05) is 18.2 Å². The predicted molar refractivity (Wildman–Crippen MR) is 77.6 cm³/mol. The van der Waals surface area contributed by atoms with Gasteiger partial charge in [0, 0.05) is 18.2 Å². The lowest BCUT2D eigenvalue weighted by molar-refractivity contribution is -0.128. The molecule has 2 aliphatic carbocycles. The van der Waals surface area contributed by atoms with Crippen molar-refractivity contribution < 1.29 is 4.79 Å². The maximum absolute atomic E-state index is 12.3. The number of nitrogens with one attached hydrogen (secondary N) is 1. The first kappa shape index (κ1) is 13.6. The normalized spacial score (nSPS) is 32.6. The van der Waals surface area contributed by atoms with Gasteiger partial charge in [0.25, 0.3) is 0 Å². The summed E-state index contributed by atoms with van der Waals surface area (Å²) in [6, 6.07) is 6.09. The average Bonchev–Trinajstić information content (AvgIpc) is 2.45. The minimum atomic E-state index is 0.147. The number of aromatic nitrogens is 1. The summed E-state index contributed by atoms with van der Waals surface area (Å²) >= 11 is 0. The molecule has 2 bridgehead atoms. The van der Waals surface area contributed by atoms with Crippen LogP contribution in [-0.4, -0.2) is 16.9 Å². The predicted octanol–water partition coefficient (Wildman–Crippen LogP) is 1.85. The summed E-state index contributed by atoms with van der Waals surface area (Å²) < 4.78 is 0. The van der Waals surface area contributed by atoms with Crippen LogP contribution in [0.1, 0.15) is 37.8 Å². The molecule has 0 spiro atoms. The van der Waals surface area contributed by atoms with Crippen molar-refractivity contribution in [2.75, 3.05) is 0 Å². The SMILES string of the molecule is NC1C2CCCC1CC(C(=O)NCc1ccccn1)C2. The second-order valence-electron chi connectivity index (χ2n) is 6.24. The summed E-state index contributed by atoms with van der Waals surface area (Å²) in [5, 5.41) is 3.03. The molecule has 2 unspecified atom stereocenters. The van der Waals surface area contributed by atoms with Gasteiger partial charge in [-0.1, -0.05) is 12.5 Å². The van der Waals surface area contributed by atoms with Crippen molar-refractivity contribution in [3.05, 3.63) is 30.1 Å². The zero-order valence-corrected chi connectivity index (χ0v) is 11.8. The van der Waals surface area contributed by atoms with Crippen LogP contribution in [0.3, 0.4) is 0 Å². The molecule has 0 radical (unpaired) electrons. The van der Waals surface area contributed by atoms with Gasteiger partial charge in [-0.05, 0) is 49.7 Å². The zero-order valence-electron chi connectivity index (χ0n) is 11.8. The monoisotopic (exact) mass is 273 g/mol. The van der Waals surface area contributed by atoms with Crippen LogP contribution in [-0.2, 0) is 11.3 Å². The van der Waals surface area contributed by atoms with Gasteiger partial charge in [-0.2, -0.15) is 0 Å². The maximum atomic E-state index is 12.3. The molecule has 0 saturated heterocycles. The topological polar surface area (TPSA) is 68.0 Å². The largest absolute Gasteiger partial charge is 0.350 e. The van der Waals surface area contributed by atoms with Gasteiger partial charge in [-0.25, -0.2) is 0 Å². The van der Waals surface area contributed by atoms with E-state index in [4.69, 9.17) is 5.73 Å². The molecule has 2 atom stereocenters. The number of carbonyl (C=O) groups is 1. The number of hydrogen-bond donors (Lipinski definition) is 2. The number of carbonyl (C=O) groups excluding carboxylic acids is 1. The van der Waals surface area contributed by atoms with Gasteiger partial charge in [0.2, 0.25) is 5.91 Å². The minimum Gasteiger partial charge on any atom is -0.350 e. The van der Waals surface area contributed by atoms with E-state index >= 15 is 0 Å². The molecule has 2 fully saturated rings. The number of pyridine rings is 1. The summed E-state index contributed by atoms with van der Waals surface area (Å²) in [5.41, 5.74) is 7.18. The fourth-order valence-electron chi connectivity index (χ4n) is 3.83. The number of nitrogens with two attached hydrogens (primary N) is 1. The number of rotatable bonds is 3. The summed E-state index contributed by atoms with van der Waals surface area (Å²) in [5.74, 6) is 1.43. The van der Waals surface area contributed by atoms with E-state index < -0.39 is 0 Å². The van der Waals surface area contributed by atoms with E-state index in [1.54, 1.807) is 6.20 Å². The third-order valence-electron chi connectivity index (χ3n) is 4.95. The highest BCUT2D eigenvalue weighted by Gasteiger charge is 2.40. The maximum Gasteiger partial charge on any atom is 0.223 e. The molecule has 108 valence electrons. The van der Waals surface area contributed by atoms with Gasteiger partial charge in [0.15, 0.2) is 0 Å². The molecule has 2 saturated carbocycles. The fourth-order valence-corrected chi connectivity index (χ4v) is 3.83. The first-order chi connectivity index (χ1) is 9.74. The van der Waals surface area contributed by atoms with Crippen molar-refractivity contribution >= 4 is 5.91 Å². The standard InChI is InChI=1S/C16H23N3O/c17-15-11-4-3-5-12(15)9-13(8-11)16(20)19-10-14-6-1-2-7-18-14/h1-2,6-7,11-13,15H,3-5,8-10,17H2,(H,19,20). The van der Waals surface area contributed by atoms with Gasteiger partial charge in [-0.3, -0.25) is 9.78 Å². The second-order valence-corrected chi connectivity index (χ2v) is 6.24. The lowest BCUT2D eigenvalue weighted by Crippen LogP contribution is -2.49. The zero-order chi connectivity index (χ0) is 13.9. The van der Waals surface area contributed by atoms with Crippen LogP contribution >= 0.6 is 0 Å². The van der Waals surface area contributed by atoms with Gasteiger partial charge in [0.05, 0.1) is 12.2 Å². The van der Waals surface area contributed by atoms with Gasteiger partial charge in [-0.15, -0.1) is 0 Å². The van der Waals surface area contributed by atoms with Gasteiger partial charge >= 0.3 is 0 Å². The Kier molecular flexibility index (Phi) is 4.01. The molecule has 1 amide bonds. The highest BCUT2D eigenvalue weighted by atomic mass is 16.1. The molecule has 4 nitrogen and oxygen atoms in total. The third kappa shape index (κ3) is 2.85. The highest BCUT2D eigenvalue weighted by Crippen LogP contribution is 2.41. The molecule has 2 aliphatic rings. The van der Waals surface area contributed by atoms with E-state index in [0.29, 0.717) is 24.4 Å². The number of fused-ring (bicyclic) bond motifs is 2. The van der Waals surface area contributed by atoms with E-state index in [1.165, 1.54) is 19.3 Å². The Morgan fingerprint density at radius 2 is 2.05 bits per heavy atom. The lowest BCUT2D eigenvalue weighted by Gasteiger charge is -2.43. The Morgan fingerprint density at radius 1 is 1.30 bits per heavy atom. The van der Waals surface area contributed by atoms with E-state index in [2.05, 4.69) is 10.3 Å². The van der Waals surface area contributed by atoms with Crippen LogP contribution < -0.4 is 11.1 Å².